The zero-order valence-electron chi connectivity index (χ0n) is 14.9. The topological polar surface area (TPSA) is 77.6 Å². The highest BCUT2D eigenvalue weighted by Gasteiger charge is 2.22. The molecule has 1 atom stereocenters. The number of rotatable bonds is 6. The van der Waals surface area contributed by atoms with E-state index in [1.807, 2.05) is 0 Å². The number of alkyl halides is 2. The van der Waals surface area contributed by atoms with Crippen molar-refractivity contribution in [3.05, 3.63) is 57.6 Å². The molecule has 3 rings (SSSR count). The van der Waals surface area contributed by atoms with Crippen LogP contribution in [0.15, 0.2) is 30.6 Å². The van der Waals surface area contributed by atoms with Crippen LogP contribution in [-0.2, 0) is 11.3 Å². The Labute approximate surface area is 169 Å². The lowest BCUT2D eigenvalue weighted by Crippen LogP contribution is -2.26. The van der Waals surface area contributed by atoms with Crippen molar-refractivity contribution in [2.45, 2.75) is 32.9 Å². The number of anilines is 1. The number of hydrogen-bond acceptors (Lipinski definition) is 4. The van der Waals surface area contributed by atoms with E-state index in [0.29, 0.717) is 22.3 Å². The molecule has 0 spiro atoms. The summed E-state index contributed by atoms with van der Waals surface area (Å²) in [6.07, 6.45) is -1.26. The second-order valence-electron chi connectivity index (χ2n) is 6.12. The van der Waals surface area contributed by atoms with Gasteiger partial charge in [-0.25, -0.2) is 18.4 Å². The second-order valence-corrected chi connectivity index (χ2v) is 6.97. The van der Waals surface area contributed by atoms with E-state index in [0.717, 1.165) is 5.56 Å². The summed E-state index contributed by atoms with van der Waals surface area (Å²) >= 11 is 12.0. The van der Waals surface area contributed by atoms with Gasteiger partial charge < -0.3 is 0 Å². The molecule has 0 aliphatic rings. The normalized spacial score (nSPS) is 12.4. The molecule has 2 heterocycles. The molecule has 1 unspecified atom stereocenters. The molecule has 0 bridgehead atoms. The van der Waals surface area contributed by atoms with Gasteiger partial charge in [0.2, 0.25) is 5.95 Å². The first-order valence-corrected chi connectivity index (χ1v) is 8.98. The largest absolute Gasteiger partial charge is 0.291 e. The van der Waals surface area contributed by atoms with Crippen molar-refractivity contribution >= 4 is 35.1 Å². The fourth-order valence-corrected chi connectivity index (χ4v) is 3.06. The quantitative estimate of drug-likeness (QED) is 0.635. The van der Waals surface area contributed by atoms with Gasteiger partial charge in [0.25, 0.3) is 12.3 Å². The molecule has 2 aromatic heterocycles. The molecule has 0 aliphatic carbocycles. The van der Waals surface area contributed by atoms with Gasteiger partial charge in [-0.3, -0.25) is 14.8 Å². The van der Waals surface area contributed by atoms with Crippen LogP contribution in [0, 0.1) is 6.92 Å². The zero-order chi connectivity index (χ0) is 20.4. The second kappa shape index (κ2) is 8.24. The number of carbonyl (C=O) groups excluding carboxylic acids is 1. The Balaban J connectivity index is 1.68. The van der Waals surface area contributed by atoms with Crippen molar-refractivity contribution < 1.29 is 13.6 Å². The SMILES string of the molecule is Cc1cc(C(F)F)nn1C(C)C(=O)Nc1ncn(Cc2ccc(Cl)cc2Cl)n1. The molecule has 3 aromatic rings. The van der Waals surface area contributed by atoms with E-state index < -0.39 is 18.4 Å². The lowest BCUT2D eigenvalue weighted by molar-refractivity contribution is -0.119. The smallest absolute Gasteiger partial charge is 0.282 e. The number of benzene rings is 1. The van der Waals surface area contributed by atoms with Crippen LogP contribution in [0.3, 0.4) is 0 Å². The van der Waals surface area contributed by atoms with Crippen molar-refractivity contribution in [3.63, 3.8) is 0 Å². The highest BCUT2D eigenvalue weighted by molar-refractivity contribution is 6.35. The highest BCUT2D eigenvalue weighted by atomic mass is 35.5. The molecule has 0 saturated carbocycles. The van der Waals surface area contributed by atoms with Crippen molar-refractivity contribution in [1.29, 1.82) is 0 Å². The first kappa shape index (κ1) is 20.2. The minimum absolute atomic E-state index is 0.0841. The van der Waals surface area contributed by atoms with E-state index in [1.54, 1.807) is 32.0 Å². The number of hydrogen-bond donors (Lipinski definition) is 1. The Morgan fingerprint density at radius 1 is 1.25 bits per heavy atom. The molecule has 0 aliphatic heterocycles. The highest BCUT2D eigenvalue weighted by Crippen LogP contribution is 2.22. The first-order valence-electron chi connectivity index (χ1n) is 8.23. The standard InChI is InChI=1S/C17H16Cl2F2N6O/c1-9-5-14(15(20)21)24-27(9)10(2)16(28)23-17-22-8-26(25-17)7-11-3-4-12(18)6-13(11)19/h3-6,8,10,15H,7H2,1-2H3,(H,23,25,28). The van der Waals surface area contributed by atoms with E-state index in [9.17, 15) is 13.6 Å². The van der Waals surface area contributed by atoms with Crippen LogP contribution in [0.4, 0.5) is 14.7 Å². The number of amides is 1. The van der Waals surface area contributed by atoms with E-state index in [1.165, 1.54) is 21.8 Å². The number of nitrogens with one attached hydrogen (secondary N) is 1. The number of aryl methyl sites for hydroxylation is 1. The van der Waals surface area contributed by atoms with Gasteiger partial charge in [0.1, 0.15) is 18.1 Å². The minimum Gasteiger partial charge on any atom is -0.291 e. The molecule has 28 heavy (non-hydrogen) atoms. The zero-order valence-corrected chi connectivity index (χ0v) is 16.4. The third kappa shape index (κ3) is 4.48. The third-order valence-corrected chi connectivity index (χ3v) is 4.62. The van der Waals surface area contributed by atoms with Gasteiger partial charge in [-0.05, 0) is 37.6 Å². The van der Waals surface area contributed by atoms with Crippen molar-refractivity contribution in [2.75, 3.05) is 5.32 Å². The Kier molecular flexibility index (Phi) is 5.95. The summed E-state index contributed by atoms with van der Waals surface area (Å²) in [6, 6.07) is 5.54. The first-order chi connectivity index (χ1) is 13.2. The van der Waals surface area contributed by atoms with Crippen LogP contribution in [0.5, 0.6) is 0 Å². The fraction of sp³-hybridized carbons (Fsp3) is 0.294. The molecule has 1 amide bonds. The van der Waals surface area contributed by atoms with Crippen LogP contribution in [0.2, 0.25) is 10.0 Å². The maximum absolute atomic E-state index is 12.8. The van der Waals surface area contributed by atoms with E-state index in [2.05, 4.69) is 20.5 Å². The molecule has 1 aromatic carbocycles. The van der Waals surface area contributed by atoms with Crippen molar-refractivity contribution in [2.24, 2.45) is 0 Å². The predicted octanol–water partition coefficient (Wildman–Crippen LogP) is 4.28. The van der Waals surface area contributed by atoms with Gasteiger partial charge in [0.05, 0.1) is 6.54 Å². The maximum atomic E-state index is 12.8. The average Bonchev–Trinajstić information content (AvgIpc) is 3.23. The van der Waals surface area contributed by atoms with Gasteiger partial charge in [-0.2, -0.15) is 5.10 Å². The fourth-order valence-electron chi connectivity index (χ4n) is 2.59. The Bertz CT molecular complexity index is 1000. The molecule has 11 heteroatoms. The third-order valence-electron chi connectivity index (χ3n) is 4.03. The number of nitrogens with zero attached hydrogens (tertiary/aromatic N) is 5. The summed E-state index contributed by atoms with van der Waals surface area (Å²) in [7, 11) is 0. The molecule has 0 radical (unpaired) electrons. The average molecular weight is 429 g/mol. The summed E-state index contributed by atoms with van der Waals surface area (Å²) in [5, 5.41) is 11.5. The number of aromatic nitrogens is 5. The van der Waals surface area contributed by atoms with E-state index in [-0.39, 0.29) is 11.6 Å². The van der Waals surface area contributed by atoms with Crippen LogP contribution in [-0.4, -0.2) is 30.5 Å². The maximum Gasteiger partial charge on any atom is 0.282 e. The van der Waals surface area contributed by atoms with E-state index >= 15 is 0 Å². The summed E-state index contributed by atoms with van der Waals surface area (Å²) < 4.78 is 28.3. The van der Waals surface area contributed by atoms with Gasteiger partial charge in [0.15, 0.2) is 0 Å². The van der Waals surface area contributed by atoms with E-state index in [4.69, 9.17) is 23.2 Å². The molecular formula is C17H16Cl2F2N6O. The molecular weight excluding hydrogens is 413 g/mol. The van der Waals surface area contributed by atoms with Gasteiger partial charge >= 0.3 is 0 Å². The van der Waals surface area contributed by atoms with Crippen LogP contribution >= 0.6 is 23.2 Å². The van der Waals surface area contributed by atoms with Crippen LogP contribution < -0.4 is 5.32 Å². The lowest BCUT2D eigenvalue weighted by Gasteiger charge is -2.12. The van der Waals surface area contributed by atoms with Crippen molar-refractivity contribution in [3.8, 4) is 0 Å². The molecule has 0 saturated heterocycles. The summed E-state index contributed by atoms with van der Waals surface area (Å²) in [4.78, 5) is 16.5. The molecule has 0 fully saturated rings. The lowest BCUT2D eigenvalue weighted by atomic mass is 10.2. The van der Waals surface area contributed by atoms with Gasteiger partial charge in [-0.15, -0.1) is 5.10 Å². The number of halogens is 4. The summed E-state index contributed by atoms with van der Waals surface area (Å²) in [6.45, 7) is 3.49. The van der Waals surface area contributed by atoms with Gasteiger partial charge in [0, 0.05) is 15.7 Å². The molecule has 148 valence electrons. The van der Waals surface area contributed by atoms with Crippen LogP contribution in [0.25, 0.3) is 0 Å². The Morgan fingerprint density at radius 3 is 2.64 bits per heavy atom. The predicted molar refractivity (Wildman–Crippen MR) is 101 cm³/mol. The summed E-state index contributed by atoms with van der Waals surface area (Å²) in [5.41, 5.74) is 0.863. The van der Waals surface area contributed by atoms with Crippen LogP contribution in [0.1, 0.15) is 36.3 Å². The van der Waals surface area contributed by atoms with Crippen molar-refractivity contribution in [1.82, 2.24) is 24.5 Å². The molecule has 1 N–H and O–H groups in total. The number of carbonyl (C=O) groups is 1. The molecule has 7 nitrogen and oxygen atoms in total. The minimum atomic E-state index is -2.70. The Morgan fingerprint density at radius 2 is 2.00 bits per heavy atom. The van der Waals surface area contributed by atoms with Gasteiger partial charge in [-0.1, -0.05) is 29.3 Å². The summed E-state index contributed by atoms with van der Waals surface area (Å²) in [5.74, 6) is -0.393. The Hall–Kier alpha value is -2.52. The monoisotopic (exact) mass is 428 g/mol.